The number of benzene rings is 2. The largest absolute Gasteiger partial charge is 0.371 e. The summed E-state index contributed by atoms with van der Waals surface area (Å²) in [6, 6.07) is 15.5. The monoisotopic (exact) mass is 379 g/mol. The highest BCUT2D eigenvalue weighted by atomic mass is 19.1. The van der Waals surface area contributed by atoms with Gasteiger partial charge in [0.05, 0.1) is 30.4 Å². The zero-order valence-corrected chi connectivity index (χ0v) is 15.6. The number of carbonyl (C=O) groups excluding carboxylic acids is 1. The second-order valence-corrected chi connectivity index (χ2v) is 7.22. The molecule has 0 bridgehead atoms. The molecule has 0 saturated carbocycles. The maximum atomic E-state index is 13.6. The Bertz CT molecular complexity index is 893. The Morgan fingerprint density at radius 1 is 1.14 bits per heavy atom. The van der Waals surface area contributed by atoms with Gasteiger partial charge in [-0.3, -0.25) is 9.69 Å². The van der Waals surface area contributed by atoms with Crippen LogP contribution < -0.4 is 4.90 Å². The van der Waals surface area contributed by atoms with Crippen LogP contribution in [0.5, 0.6) is 0 Å². The molecular formula is C22H22FN3O2. The zero-order chi connectivity index (χ0) is 19.5. The number of halogens is 1. The summed E-state index contributed by atoms with van der Waals surface area (Å²) in [6.45, 7) is 2.45. The summed E-state index contributed by atoms with van der Waals surface area (Å²) >= 11 is 0. The first-order valence-electron chi connectivity index (χ1n) is 9.58. The average molecular weight is 379 g/mol. The van der Waals surface area contributed by atoms with Gasteiger partial charge in [0.1, 0.15) is 5.82 Å². The van der Waals surface area contributed by atoms with Crippen molar-refractivity contribution in [2.45, 2.75) is 25.0 Å². The predicted molar refractivity (Wildman–Crippen MR) is 103 cm³/mol. The van der Waals surface area contributed by atoms with Crippen LogP contribution in [-0.2, 0) is 9.53 Å². The molecule has 144 valence electrons. The summed E-state index contributed by atoms with van der Waals surface area (Å²) < 4.78 is 19.4. The molecule has 0 aliphatic carbocycles. The third-order valence-corrected chi connectivity index (χ3v) is 5.48. The van der Waals surface area contributed by atoms with Crippen LogP contribution >= 0.6 is 0 Å². The molecule has 0 radical (unpaired) electrons. The van der Waals surface area contributed by atoms with Gasteiger partial charge in [0.25, 0.3) is 0 Å². The molecule has 28 heavy (non-hydrogen) atoms. The minimum Gasteiger partial charge on any atom is -0.371 e. The molecule has 2 aliphatic rings. The number of morpholine rings is 1. The molecule has 5 nitrogen and oxygen atoms in total. The number of nitriles is 1. The van der Waals surface area contributed by atoms with Gasteiger partial charge in [-0.05, 0) is 54.8 Å². The molecule has 2 aliphatic heterocycles. The summed E-state index contributed by atoms with van der Waals surface area (Å²) in [7, 11) is 0. The van der Waals surface area contributed by atoms with Gasteiger partial charge >= 0.3 is 0 Å². The third-order valence-electron chi connectivity index (χ3n) is 5.48. The number of piperidine rings is 1. The van der Waals surface area contributed by atoms with Crippen LogP contribution in [0.15, 0.2) is 48.5 Å². The van der Waals surface area contributed by atoms with Crippen LogP contribution in [0.3, 0.4) is 0 Å². The molecule has 2 saturated heterocycles. The molecule has 2 unspecified atom stereocenters. The number of rotatable bonds is 3. The number of ether oxygens (including phenoxy) is 1. The highest BCUT2D eigenvalue weighted by Crippen LogP contribution is 2.29. The number of amides is 1. The fourth-order valence-corrected chi connectivity index (χ4v) is 4.03. The van der Waals surface area contributed by atoms with E-state index in [-0.39, 0.29) is 23.9 Å². The summed E-state index contributed by atoms with van der Waals surface area (Å²) in [5.74, 6) is -0.199. The lowest BCUT2D eigenvalue weighted by Crippen LogP contribution is -2.55. The maximum absolute atomic E-state index is 13.6. The minimum absolute atomic E-state index is 0.0795. The van der Waals surface area contributed by atoms with E-state index in [9.17, 15) is 9.18 Å². The first-order chi connectivity index (χ1) is 13.7. The van der Waals surface area contributed by atoms with E-state index in [4.69, 9.17) is 10.00 Å². The number of hydrogen-bond donors (Lipinski definition) is 0. The second kappa shape index (κ2) is 8.09. The van der Waals surface area contributed by atoms with E-state index in [2.05, 4.69) is 11.0 Å². The van der Waals surface area contributed by atoms with Gasteiger partial charge in [-0.15, -0.1) is 0 Å². The highest BCUT2D eigenvalue weighted by molar-refractivity contribution is 5.98. The molecule has 0 spiro atoms. The Labute approximate surface area is 163 Å². The van der Waals surface area contributed by atoms with E-state index in [1.807, 2.05) is 23.1 Å². The maximum Gasteiger partial charge on any atom is 0.244 e. The standard InChI is InChI=1S/C22H22FN3O2/c23-18-4-1-3-17(13-18)21-15-25(11-12-28-21)20-5-2-10-26(22(20)27)19-8-6-16(14-24)7-9-19/h1,3-4,6-9,13,20-21H,2,5,10-12,15H2. The number of carbonyl (C=O) groups is 1. The van der Waals surface area contributed by atoms with Crippen molar-refractivity contribution in [1.29, 1.82) is 5.26 Å². The molecule has 2 heterocycles. The Morgan fingerprint density at radius 3 is 2.71 bits per heavy atom. The lowest BCUT2D eigenvalue weighted by molar-refractivity contribution is -0.129. The molecule has 1 amide bonds. The second-order valence-electron chi connectivity index (χ2n) is 7.22. The first-order valence-corrected chi connectivity index (χ1v) is 9.58. The van der Waals surface area contributed by atoms with Gasteiger partial charge in [-0.1, -0.05) is 12.1 Å². The van der Waals surface area contributed by atoms with Gasteiger partial charge in [0.15, 0.2) is 0 Å². The minimum atomic E-state index is -0.279. The fourth-order valence-electron chi connectivity index (χ4n) is 4.03. The van der Waals surface area contributed by atoms with Crippen LogP contribution in [-0.4, -0.2) is 43.1 Å². The molecule has 6 heteroatoms. The number of nitrogens with zero attached hydrogens (tertiary/aromatic N) is 3. The van der Waals surface area contributed by atoms with Crippen LogP contribution in [0.25, 0.3) is 0 Å². The summed E-state index contributed by atoms with van der Waals surface area (Å²) in [5.41, 5.74) is 2.21. The van der Waals surface area contributed by atoms with Crippen LogP contribution in [0.4, 0.5) is 10.1 Å². The number of anilines is 1. The molecule has 2 aromatic carbocycles. The van der Waals surface area contributed by atoms with Gasteiger partial charge in [0.2, 0.25) is 5.91 Å². The Morgan fingerprint density at radius 2 is 1.96 bits per heavy atom. The van der Waals surface area contributed by atoms with Crippen molar-refractivity contribution in [3.05, 3.63) is 65.5 Å². The third kappa shape index (κ3) is 3.77. The van der Waals surface area contributed by atoms with Crippen molar-refractivity contribution in [3.8, 4) is 6.07 Å². The molecular weight excluding hydrogens is 357 g/mol. The normalized spacial score (nSPS) is 23.4. The average Bonchev–Trinajstić information content (AvgIpc) is 2.74. The quantitative estimate of drug-likeness (QED) is 0.821. The fraction of sp³-hybridized carbons (Fsp3) is 0.364. The van der Waals surface area contributed by atoms with Gasteiger partial charge in [0, 0.05) is 25.3 Å². The van der Waals surface area contributed by atoms with Crippen molar-refractivity contribution < 1.29 is 13.9 Å². The predicted octanol–water partition coefficient (Wildman–Crippen LogP) is 3.27. The summed E-state index contributed by atoms with van der Waals surface area (Å²) in [5, 5.41) is 8.97. The van der Waals surface area contributed by atoms with Crippen LogP contribution in [0.1, 0.15) is 30.1 Å². The van der Waals surface area contributed by atoms with E-state index in [1.54, 1.807) is 18.2 Å². The zero-order valence-electron chi connectivity index (χ0n) is 15.6. The van der Waals surface area contributed by atoms with Crippen molar-refractivity contribution >= 4 is 11.6 Å². The molecule has 4 rings (SSSR count). The van der Waals surface area contributed by atoms with Gasteiger partial charge in [-0.2, -0.15) is 5.26 Å². The van der Waals surface area contributed by atoms with E-state index in [1.165, 1.54) is 12.1 Å². The van der Waals surface area contributed by atoms with Crippen molar-refractivity contribution in [1.82, 2.24) is 4.90 Å². The molecule has 2 atom stereocenters. The van der Waals surface area contributed by atoms with E-state index >= 15 is 0 Å². The van der Waals surface area contributed by atoms with Crippen molar-refractivity contribution in [3.63, 3.8) is 0 Å². The number of hydrogen-bond acceptors (Lipinski definition) is 4. The Hall–Kier alpha value is -2.75. The van der Waals surface area contributed by atoms with E-state index < -0.39 is 0 Å². The SMILES string of the molecule is N#Cc1ccc(N2CCCC(N3CCOC(c4cccc(F)c4)C3)C2=O)cc1. The lowest BCUT2D eigenvalue weighted by Gasteiger charge is -2.42. The molecule has 0 aromatic heterocycles. The Kier molecular flexibility index (Phi) is 5.38. The smallest absolute Gasteiger partial charge is 0.244 e. The van der Waals surface area contributed by atoms with Crippen LogP contribution in [0.2, 0.25) is 0 Å². The summed E-state index contributed by atoms with van der Waals surface area (Å²) in [4.78, 5) is 17.2. The lowest BCUT2D eigenvalue weighted by atomic mass is 9.99. The molecule has 0 N–H and O–H groups in total. The highest BCUT2D eigenvalue weighted by Gasteiger charge is 2.36. The summed E-state index contributed by atoms with van der Waals surface area (Å²) in [6.07, 6.45) is 1.49. The molecule has 2 fully saturated rings. The van der Waals surface area contributed by atoms with Crippen molar-refractivity contribution in [2.75, 3.05) is 31.1 Å². The first kappa shape index (κ1) is 18.6. The van der Waals surface area contributed by atoms with Gasteiger partial charge < -0.3 is 9.64 Å². The van der Waals surface area contributed by atoms with Gasteiger partial charge in [-0.25, -0.2) is 4.39 Å². The topological polar surface area (TPSA) is 56.6 Å². The van der Waals surface area contributed by atoms with E-state index in [0.717, 1.165) is 24.1 Å². The van der Waals surface area contributed by atoms with Crippen molar-refractivity contribution in [2.24, 2.45) is 0 Å². The van der Waals surface area contributed by atoms with E-state index in [0.29, 0.717) is 31.8 Å². The Balaban J connectivity index is 1.50. The molecule has 2 aromatic rings. The van der Waals surface area contributed by atoms with Crippen LogP contribution in [0, 0.1) is 17.1 Å².